The molecule has 1 saturated heterocycles. The van der Waals surface area contributed by atoms with Crippen molar-refractivity contribution in [2.24, 2.45) is 0 Å². The summed E-state index contributed by atoms with van der Waals surface area (Å²) in [5, 5.41) is 2.76. The van der Waals surface area contributed by atoms with Gasteiger partial charge in [-0.15, -0.1) is 0 Å². The zero-order valence-electron chi connectivity index (χ0n) is 17.6. The maximum absolute atomic E-state index is 13.2. The number of hydrogen-bond donors (Lipinski definition) is 1. The first-order chi connectivity index (χ1) is 16.2. The van der Waals surface area contributed by atoms with Crippen LogP contribution in [0.2, 0.25) is 0 Å². The minimum atomic E-state index is -4.53. The lowest BCUT2D eigenvalue weighted by atomic mass is 10.1. The number of benzene rings is 1. The Balaban J connectivity index is 1.41. The van der Waals surface area contributed by atoms with Crippen molar-refractivity contribution in [3.63, 3.8) is 0 Å². The van der Waals surface area contributed by atoms with Crippen LogP contribution in [0.1, 0.15) is 24.2 Å². The monoisotopic (exact) mass is 493 g/mol. The lowest BCUT2D eigenvalue weighted by Crippen LogP contribution is -2.43. The predicted molar refractivity (Wildman–Crippen MR) is 115 cm³/mol. The Hall–Kier alpha value is -3.25. The van der Waals surface area contributed by atoms with Crippen molar-refractivity contribution >= 4 is 16.9 Å². The summed E-state index contributed by atoms with van der Waals surface area (Å²) in [5.41, 5.74) is 0.180. The molecule has 0 radical (unpaired) electrons. The van der Waals surface area contributed by atoms with E-state index in [0.29, 0.717) is 41.2 Å². The Bertz CT molecular complexity index is 1190. The van der Waals surface area contributed by atoms with Crippen LogP contribution in [0, 0.1) is 5.82 Å². The minimum Gasteiger partial charge on any atom is -0.349 e. The Morgan fingerprint density at radius 1 is 1.12 bits per heavy atom. The first kappa shape index (κ1) is 23.9. The van der Waals surface area contributed by atoms with Crippen molar-refractivity contribution in [3.05, 3.63) is 72.2 Å². The highest BCUT2D eigenvalue weighted by Gasteiger charge is 2.35. The Morgan fingerprint density at radius 2 is 1.88 bits per heavy atom. The number of hydrogen-bond acceptors (Lipinski definition) is 5. The highest BCUT2D eigenvalue weighted by atomic mass is 32.2. The summed E-state index contributed by atoms with van der Waals surface area (Å²) in [7, 11) is -1.61. The number of nitrogens with zero attached hydrogens (tertiary/aromatic N) is 4. The van der Waals surface area contributed by atoms with Gasteiger partial charge in [-0.1, -0.05) is 0 Å². The number of carbonyl (C=O) groups is 1. The highest BCUT2D eigenvalue weighted by Crippen LogP contribution is 2.28. The third kappa shape index (κ3) is 5.45. The van der Waals surface area contributed by atoms with Gasteiger partial charge < -0.3 is 5.32 Å². The first-order valence-corrected chi connectivity index (χ1v) is 11.4. The molecule has 0 spiro atoms. The summed E-state index contributed by atoms with van der Waals surface area (Å²) in [6.07, 6.45) is -1.00. The molecule has 2 atom stereocenters. The van der Waals surface area contributed by atoms with Gasteiger partial charge in [0.15, 0.2) is 0 Å². The summed E-state index contributed by atoms with van der Waals surface area (Å²) in [5.74, 6) is -0.767. The molecule has 1 fully saturated rings. The van der Waals surface area contributed by atoms with Crippen LogP contribution in [0.3, 0.4) is 0 Å². The van der Waals surface area contributed by atoms with Crippen molar-refractivity contribution in [2.75, 3.05) is 6.54 Å². The molecule has 7 nitrogen and oxygen atoms in total. The van der Waals surface area contributed by atoms with Gasteiger partial charge in [0.1, 0.15) is 34.9 Å². The molecule has 1 aliphatic heterocycles. The molecule has 34 heavy (non-hydrogen) atoms. The fourth-order valence-electron chi connectivity index (χ4n) is 3.55. The van der Waals surface area contributed by atoms with E-state index >= 15 is 0 Å². The molecule has 0 aliphatic carbocycles. The van der Waals surface area contributed by atoms with E-state index in [-0.39, 0.29) is 12.5 Å². The van der Waals surface area contributed by atoms with Crippen LogP contribution < -0.4 is 5.32 Å². The number of pyridine rings is 1. The first-order valence-electron chi connectivity index (χ1n) is 10.3. The number of aromatic nitrogens is 3. The molecule has 1 amide bonds. The summed E-state index contributed by atoms with van der Waals surface area (Å²) in [6, 6.07) is 8.36. The van der Waals surface area contributed by atoms with Crippen molar-refractivity contribution in [1.82, 2.24) is 24.6 Å². The summed E-state index contributed by atoms with van der Waals surface area (Å²) in [4.78, 5) is 24.8. The summed E-state index contributed by atoms with van der Waals surface area (Å²) < 4.78 is 65.7. The molecular formula is C22H19F4N5O2S. The topological polar surface area (TPSA) is 88.1 Å². The van der Waals surface area contributed by atoms with Crippen LogP contribution in [0.5, 0.6) is 0 Å². The van der Waals surface area contributed by atoms with Gasteiger partial charge in [-0.2, -0.15) is 13.2 Å². The fourth-order valence-corrected chi connectivity index (χ4v) is 4.91. The number of carbonyl (C=O) groups excluding carboxylic acids is 1. The van der Waals surface area contributed by atoms with Gasteiger partial charge in [-0.3, -0.25) is 9.78 Å². The van der Waals surface area contributed by atoms with Gasteiger partial charge in [-0.05, 0) is 55.3 Å². The van der Waals surface area contributed by atoms with Crippen LogP contribution in [0.4, 0.5) is 17.6 Å². The maximum atomic E-state index is 13.2. The molecule has 1 aliphatic rings. The molecule has 1 aromatic carbocycles. The van der Waals surface area contributed by atoms with Gasteiger partial charge >= 0.3 is 6.18 Å². The van der Waals surface area contributed by atoms with Crippen LogP contribution in [0.15, 0.2) is 59.9 Å². The molecule has 3 aromatic rings. The maximum Gasteiger partial charge on any atom is 0.433 e. The number of amides is 1. The average molecular weight is 493 g/mol. The number of rotatable bonds is 6. The zero-order chi connectivity index (χ0) is 24.3. The lowest BCUT2D eigenvalue weighted by molar-refractivity contribution is -0.141. The number of halogens is 4. The number of alkyl halides is 3. The second-order valence-electron chi connectivity index (χ2n) is 7.54. The van der Waals surface area contributed by atoms with E-state index < -0.39 is 34.7 Å². The van der Waals surface area contributed by atoms with Crippen LogP contribution in [-0.2, 0) is 28.5 Å². The van der Waals surface area contributed by atoms with E-state index in [9.17, 15) is 26.6 Å². The van der Waals surface area contributed by atoms with Crippen molar-refractivity contribution < 1.29 is 26.6 Å². The van der Waals surface area contributed by atoms with Crippen molar-refractivity contribution in [3.8, 4) is 11.3 Å². The molecule has 3 heterocycles. The van der Waals surface area contributed by atoms with Crippen LogP contribution in [-0.4, -0.2) is 42.0 Å². The average Bonchev–Trinajstić information content (AvgIpc) is 3.32. The van der Waals surface area contributed by atoms with Gasteiger partial charge in [0.25, 0.3) is 0 Å². The third-order valence-corrected chi connectivity index (χ3v) is 6.79. The Labute approximate surface area is 194 Å². The van der Waals surface area contributed by atoms with Crippen molar-refractivity contribution in [1.29, 1.82) is 0 Å². The molecule has 12 heteroatoms. The largest absolute Gasteiger partial charge is 0.433 e. The second kappa shape index (κ2) is 9.94. The SMILES string of the molecule is O=C(NCc1cc(-c2ccc(C(F)(F)F)nc2)ncn1)[C@@H]1CCCN1S(=O)c1ccc(F)cc1. The normalized spacial score (nSPS) is 17.5. The Morgan fingerprint density at radius 3 is 2.56 bits per heavy atom. The molecule has 0 bridgehead atoms. The minimum absolute atomic E-state index is 0.0515. The van der Waals surface area contributed by atoms with Crippen LogP contribution in [0.25, 0.3) is 11.3 Å². The molecule has 1 N–H and O–H groups in total. The van der Waals surface area contributed by atoms with Crippen LogP contribution >= 0.6 is 0 Å². The van der Waals surface area contributed by atoms with Gasteiger partial charge in [0, 0.05) is 18.3 Å². The van der Waals surface area contributed by atoms with E-state index in [1.54, 1.807) is 10.4 Å². The second-order valence-corrected chi connectivity index (χ2v) is 8.98. The van der Waals surface area contributed by atoms with Gasteiger partial charge in [0.2, 0.25) is 5.91 Å². The van der Waals surface area contributed by atoms with Gasteiger partial charge in [0.05, 0.1) is 22.8 Å². The fraction of sp³-hybridized carbons (Fsp3) is 0.273. The lowest BCUT2D eigenvalue weighted by Gasteiger charge is -2.22. The standard InChI is InChI=1S/C22H19F4N5O2S/c23-15-4-6-17(7-5-15)34(33)31-9-1-2-19(31)21(32)28-12-16-10-18(30-13-29-16)14-3-8-20(27-11-14)22(24,25)26/h3-8,10-11,13,19H,1-2,9,12H2,(H,28,32)/t19-,34?/m0/s1. The van der Waals surface area contributed by atoms with Crippen molar-refractivity contribution in [2.45, 2.75) is 36.5 Å². The molecule has 1 unspecified atom stereocenters. The quantitative estimate of drug-likeness (QED) is 0.531. The molecule has 4 rings (SSSR count). The van der Waals surface area contributed by atoms with E-state index in [1.165, 1.54) is 36.7 Å². The van der Waals surface area contributed by atoms with E-state index in [2.05, 4.69) is 20.3 Å². The third-order valence-electron chi connectivity index (χ3n) is 5.25. The van der Waals surface area contributed by atoms with E-state index in [4.69, 9.17) is 0 Å². The van der Waals surface area contributed by atoms with E-state index in [0.717, 1.165) is 12.3 Å². The predicted octanol–water partition coefficient (Wildman–Crippen LogP) is 3.50. The van der Waals surface area contributed by atoms with Gasteiger partial charge in [-0.25, -0.2) is 22.9 Å². The molecular weight excluding hydrogens is 474 g/mol. The Kier molecular flexibility index (Phi) is 6.98. The molecule has 0 saturated carbocycles. The van der Waals surface area contributed by atoms with E-state index in [1.807, 2.05) is 0 Å². The zero-order valence-corrected chi connectivity index (χ0v) is 18.4. The molecule has 2 aromatic heterocycles. The highest BCUT2D eigenvalue weighted by molar-refractivity contribution is 7.82. The summed E-state index contributed by atoms with van der Waals surface area (Å²) in [6.45, 7) is 0.511. The number of nitrogens with one attached hydrogen (secondary N) is 1. The smallest absolute Gasteiger partial charge is 0.349 e. The molecule has 178 valence electrons. The summed E-state index contributed by atoms with van der Waals surface area (Å²) >= 11 is 0.